The van der Waals surface area contributed by atoms with Crippen molar-refractivity contribution in [1.29, 1.82) is 0 Å². The molecule has 0 saturated carbocycles. The molecule has 26 heavy (non-hydrogen) atoms. The lowest BCUT2D eigenvalue weighted by atomic mass is 10.2. The molecule has 0 spiro atoms. The summed E-state index contributed by atoms with van der Waals surface area (Å²) < 4.78 is 30.2. The van der Waals surface area contributed by atoms with E-state index in [0.29, 0.717) is 9.18 Å². The SMILES string of the molecule is O=C(CNC(=O)c1cccs1)OCCN1C(=O)c2ccccc2S1(=O)=O. The number of amides is 2. The van der Waals surface area contributed by atoms with Crippen LogP contribution in [-0.2, 0) is 19.6 Å². The Hall–Kier alpha value is -2.72. The minimum atomic E-state index is -3.92. The lowest BCUT2D eigenvalue weighted by Gasteiger charge is -2.15. The number of sulfonamides is 1. The van der Waals surface area contributed by atoms with Gasteiger partial charge in [0.1, 0.15) is 18.0 Å². The fourth-order valence-corrected chi connectivity index (χ4v) is 4.59. The molecule has 136 valence electrons. The van der Waals surface area contributed by atoms with Crippen molar-refractivity contribution in [3.8, 4) is 0 Å². The average Bonchev–Trinajstić information content (AvgIpc) is 3.22. The third-order valence-electron chi connectivity index (χ3n) is 3.61. The molecule has 0 bridgehead atoms. The van der Waals surface area contributed by atoms with Crippen LogP contribution in [0.3, 0.4) is 0 Å². The number of thiophene rings is 1. The topological polar surface area (TPSA) is 110 Å². The highest BCUT2D eigenvalue weighted by atomic mass is 32.2. The molecule has 1 aliphatic heterocycles. The molecule has 1 aromatic heterocycles. The van der Waals surface area contributed by atoms with Crippen molar-refractivity contribution in [2.45, 2.75) is 4.90 Å². The number of nitrogens with zero attached hydrogens (tertiary/aromatic N) is 1. The van der Waals surface area contributed by atoms with Crippen LogP contribution in [0, 0.1) is 0 Å². The normalized spacial score (nSPS) is 14.8. The van der Waals surface area contributed by atoms with Crippen LogP contribution in [0.4, 0.5) is 0 Å². The van der Waals surface area contributed by atoms with Gasteiger partial charge in [0, 0.05) is 0 Å². The predicted molar refractivity (Wildman–Crippen MR) is 92.3 cm³/mol. The molecular formula is C16H14N2O6S2. The maximum absolute atomic E-state index is 12.3. The van der Waals surface area contributed by atoms with E-state index < -0.39 is 27.8 Å². The van der Waals surface area contributed by atoms with Gasteiger partial charge < -0.3 is 10.1 Å². The Labute approximate surface area is 153 Å². The fraction of sp³-hybridized carbons (Fsp3) is 0.188. The van der Waals surface area contributed by atoms with Gasteiger partial charge in [-0.05, 0) is 23.6 Å². The molecule has 0 unspecified atom stereocenters. The van der Waals surface area contributed by atoms with Crippen LogP contribution in [0.25, 0.3) is 0 Å². The number of benzene rings is 1. The monoisotopic (exact) mass is 394 g/mol. The van der Waals surface area contributed by atoms with Gasteiger partial charge in [-0.3, -0.25) is 14.4 Å². The van der Waals surface area contributed by atoms with E-state index in [4.69, 9.17) is 4.74 Å². The molecule has 1 N–H and O–H groups in total. The minimum Gasteiger partial charge on any atom is -0.462 e. The number of hydrogen-bond acceptors (Lipinski definition) is 7. The van der Waals surface area contributed by atoms with E-state index in [0.717, 1.165) is 0 Å². The maximum atomic E-state index is 12.3. The Balaban J connectivity index is 1.50. The molecule has 3 rings (SSSR count). The first-order valence-corrected chi connectivity index (χ1v) is 9.86. The zero-order chi connectivity index (χ0) is 18.7. The van der Waals surface area contributed by atoms with E-state index in [1.807, 2.05) is 0 Å². The van der Waals surface area contributed by atoms with E-state index in [1.54, 1.807) is 23.6 Å². The van der Waals surface area contributed by atoms with Crippen molar-refractivity contribution in [3.63, 3.8) is 0 Å². The van der Waals surface area contributed by atoms with Crippen molar-refractivity contribution in [1.82, 2.24) is 9.62 Å². The number of carbonyl (C=O) groups is 3. The molecule has 2 heterocycles. The molecule has 0 aliphatic carbocycles. The lowest BCUT2D eigenvalue weighted by Crippen LogP contribution is -2.35. The molecular weight excluding hydrogens is 380 g/mol. The molecule has 0 radical (unpaired) electrons. The van der Waals surface area contributed by atoms with Crippen molar-refractivity contribution >= 4 is 39.1 Å². The van der Waals surface area contributed by atoms with Gasteiger partial charge in [0.15, 0.2) is 0 Å². The predicted octanol–water partition coefficient (Wildman–Crippen LogP) is 0.866. The van der Waals surface area contributed by atoms with Crippen molar-refractivity contribution < 1.29 is 27.5 Å². The lowest BCUT2D eigenvalue weighted by molar-refractivity contribution is -0.142. The summed E-state index contributed by atoms with van der Waals surface area (Å²) >= 11 is 1.24. The van der Waals surface area contributed by atoms with Crippen LogP contribution < -0.4 is 5.32 Å². The number of fused-ring (bicyclic) bond motifs is 1. The highest BCUT2D eigenvalue weighted by Gasteiger charge is 2.40. The van der Waals surface area contributed by atoms with E-state index in [-0.39, 0.29) is 30.2 Å². The standard InChI is InChI=1S/C16H14N2O6S2/c19-14(10-17-15(20)12-5-3-9-25-12)24-8-7-18-16(21)11-4-1-2-6-13(11)26(18,22)23/h1-6,9H,7-8,10H2,(H,17,20). The van der Waals surface area contributed by atoms with Crippen LogP contribution in [0.15, 0.2) is 46.7 Å². The second kappa shape index (κ2) is 7.26. The first kappa shape index (κ1) is 18.1. The summed E-state index contributed by atoms with van der Waals surface area (Å²) in [5.74, 6) is -1.77. The largest absolute Gasteiger partial charge is 0.462 e. The number of nitrogens with one attached hydrogen (secondary N) is 1. The molecule has 2 aromatic rings. The van der Waals surface area contributed by atoms with Gasteiger partial charge in [-0.25, -0.2) is 12.7 Å². The van der Waals surface area contributed by atoms with E-state index in [1.165, 1.54) is 29.5 Å². The van der Waals surface area contributed by atoms with E-state index in [2.05, 4.69) is 5.32 Å². The summed E-state index contributed by atoms with van der Waals surface area (Å²) in [7, 11) is -3.92. The van der Waals surface area contributed by atoms with Crippen molar-refractivity contribution in [2.75, 3.05) is 19.7 Å². The van der Waals surface area contributed by atoms with Gasteiger partial charge in [0.05, 0.1) is 17.0 Å². The number of carbonyl (C=O) groups excluding carboxylic acids is 3. The van der Waals surface area contributed by atoms with Gasteiger partial charge in [-0.1, -0.05) is 18.2 Å². The molecule has 0 fully saturated rings. The summed E-state index contributed by atoms with van der Waals surface area (Å²) in [6.07, 6.45) is 0. The summed E-state index contributed by atoms with van der Waals surface area (Å²) in [5, 5.41) is 4.14. The van der Waals surface area contributed by atoms with Crippen molar-refractivity contribution in [3.05, 3.63) is 52.2 Å². The van der Waals surface area contributed by atoms with Crippen LogP contribution in [-0.4, -0.2) is 50.2 Å². The van der Waals surface area contributed by atoms with Crippen LogP contribution >= 0.6 is 11.3 Å². The highest BCUT2D eigenvalue weighted by Crippen LogP contribution is 2.29. The summed E-state index contributed by atoms with van der Waals surface area (Å²) in [4.78, 5) is 36.0. The van der Waals surface area contributed by atoms with Gasteiger partial charge in [-0.15, -0.1) is 11.3 Å². The van der Waals surface area contributed by atoms with Crippen LogP contribution in [0.2, 0.25) is 0 Å². The quantitative estimate of drug-likeness (QED) is 0.728. The van der Waals surface area contributed by atoms with Crippen molar-refractivity contribution in [2.24, 2.45) is 0 Å². The Morgan fingerprint density at radius 2 is 1.92 bits per heavy atom. The Morgan fingerprint density at radius 3 is 2.62 bits per heavy atom. The van der Waals surface area contributed by atoms with Crippen LogP contribution in [0.1, 0.15) is 20.0 Å². The maximum Gasteiger partial charge on any atom is 0.325 e. The molecule has 2 amide bonds. The Kier molecular flexibility index (Phi) is 5.05. The first-order chi connectivity index (χ1) is 12.4. The molecule has 1 aliphatic rings. The van der Waals surface area contributed by atoms with E-state index >= 15 is 0 Å². The van der Waals surface area contributed by atoms with Crippen LogP contribution in [0.5, 0.6) is 0 Å². The number of hydrogen-bond donors (Lipinski definition) is 1. The van der Waals surface area contributed by atoms with Gasteiger partial charge in [0.2, 0.25) is 0 Å². The smallest absolute Gasteiger partial charge is 0.325 e. The minimum absolute atomic E-state index is 0.0560. The molecule has 0 atom stereocenters. The third-order valence-corrected chi connectivity index (χ3v) is 6.32. The second-order valence-corrected chi connectivity index (χ2v) is 8.04. The Morgan fingerprint density at radius 1 is 1.15 bits per heavy atom. The third kappa shape index (κ3) is 3.46. The zero-order valence-electron chi connectivity index (χ0n) is 13.4. The highest BCUT2D eigenvalue weighted by molar-refractivity contribution is 7.90. The number of rotatable bonds is 6. The average molecular weight is 394 g/mol. The number of esters is 1. The first-order valence-electron chi connectivity index (χ1n) is 7.54. The second-order valence-electron chi connectivity index (χ2n) is 5.26. The molecule has 8 nitrogen and oxygen atoms in total. The molecule has 10 heteroatoms. The van der Waals surface area contributed by atoms with Gasteiger partial charge >= 0.3 is 5.97 Å². The van der Waals surface area contributed by atoms with E-state index in [9.17, 15) is 22.8 Å². The molecule has 1 aromatic carbocycles. The summed E-state index contributed by atoms with van der Waals surface area (Å²) in [6, 6.07) is 9.22. The van der Waals surface area contributed by atoms with Gasteiger partial charge in [-0.2, -0.15) is 0 Å². The summed E-state index contributed by atoms with van der Waals surface area (Å²) in [6.45, 7) is -0.940. The number of ether oxygens (including phenoxy) is 1. The Bertz CT molecular complexity index is 953. The van der Waals surface area contributed by atoms with Gasteiger partial charge in [0.25, 0.3) is 21.8 Å². The molecule has 0 saturated heterocycles. The zero-order valence-corrected chi connectivity index (χ0v) is 15.0. The fourth-order valence-electron chi connectivity index (χ4n) is 2.39. The summed E-state index contributed by atoms with van der Waals surface area (Å²) in [5.41, 5.74) is 0.0991.